The fraction of sp³-hybridized carbons (Fsp3) is 0.300. The highest BCUT2D eigenvalue weighted by molar-refractivity contribution is 5.79. The van der Waals surface area contributed by atoms with Gasteiger partial charge in [-0.15, -0.1) is 0 Å². The maximum Gasteiger partial charge on any atom is 0.225 e. The van der Waals surface area contributed by atoms with E-state index in [0.717, 1.165) is 11.1 Å². The Balaban J connectivity index is 2.06. The number of carbonyl (C=O) groups is 2. The standard InChI is InChI=1S/C20H24N2O2/c1-15-9-7-8-12-18(15)14-22(3)20(24)13-19(21-16(2)23)17-10-5-4-6-11-17/h4-12,19H,13-14H2,1-3H3,(H,21,23). The van der Waals surface area contributed by atoms with Gasteiger partial charge in [0.15, 0.2) is 0 Å². The molecule has 0 aliphatic rings. The van der Waals surface area contributed by atoms with Gasteiger partial charge in [0.2, 0.25) is 11.8 Å². The summed E-state index contributed by atoms with van der Waals surface area (Å²) in [4.78, 5) is 25.8. The lowest BCUT2D eigenvalue weighted by atomic mass is 10.0. The van der Waals surface area contributed by atoms with Crippen LogP contribution in [0.2, 0.25) is 0 Å². The highest BCUT2D eigenvalue weighted by atomic mass is 16.2. The van der Waals surface area contributed by atoms with Crippen molar-refractivity contribution in [2.45, 2.75) is 32.9 Å². The van der Waals surface area contributed by atoms with Crippen LogP contribution in [0.25, 0.3) is 0 Å². The van der Waals surface area contributed by atoms with Crippen LogP contribution in [0, 0.1) is 6.92 Å². The number of amides is 2. The predicted molar refractivity (Wildman–Crippen MR) is 95.3 cm³/mol. The zero-order chi connectivity index (χ0) is 17.5. The molecule has 0 radical (unpaired) electrons. The number of carbonyl (C=O) groups excluding carboxylic acids is 2. The van der Waals surface area contributed by atoms with E-state index in [9.17, 15) is 9.59 Å². The third-order valence-corrected chi connectivity index (χ3v) is 4.05. The van der Waals surface area contributed by atoms with Gasteiger partial charge in [0.25, 0.3) is 0 Å². The molecule has 2 aromatic carbocycles. The number of nitrogens with one attached hydrogen (secondary N) is 1. The van der Waals surface area contributed by atoms with Crippen molar-refractivity contribution in [2.24, 2.45) is 0 Å². The number of aryl methyl sites for hydroxylation is 1. The molecule has 0 bridgehead atoms. The monoisotopic (exact) mass is 324 g/mol. The lowest BCUT2D eigenvalue weighted by Crippen LogP contribution is -2.33. The van der Waals surface area contributed by atoms with Crippen LogP contribution in [0.5, 0.6) is 0 Å². The molecule has 0 heterocycles. The Morgan fingerprint density at radius 3 is 2.29 bits per heavy atom. The molecule has 1 atom stereocenters. The van der Waals surface area contributed by atoms with Crippen LogP contribution in [0.15, 0.2) is 54.6 Å². The average Bonchev–Trinajstić information content (AvgIpc) is 2.56. The molecule has 2 rings (SSSR count). The second-order valence-corrected chi connectivity index (χ2v) is 6.04. The van der Waals surface area contributed by atoms with Crippen LogP contribution in [-0.4, -0.2) is 23.8 Å². The third kappa shape index (κ3) is 4.95. The largest absolute Gasteiger partial charge is 0.349 e. The van der Waals surface area contributed by atoms with Gasteiger partial charge < -0.3 is 10.2 Å². The van der Waals surface area contributed by atoms with Gasteiger partial charge in [0, 0.05) is 20.5 Å². The summed E-state index contributed by atoms with van der Waals surface area (Å²) in [6.45, 7) is 4.07. The molecule has 0 spiro atoms. The molecule has 0 aliphatic carbocycles. The average molecular weight is 324 g/mol. The summed E-state index contributed by atoms with van der Waals surface area (Å²) < 4.78 is 0. The minimum atomic E-state index is -0.310. The molecule has 24 heavy (non-hydrogen) atoms. The van der Waals surface area contributed by atoms with Crippen molar-refractivity contribution in [3.05, 3.63) is 71.3 Å². The highest BCUT2D eigenvalue weighted by Crippen LogP contribution is 2.18. The summed E-state index contributed by atoms with van der Waals surface area (Å²) in [7, 11) is 1.80. The SMILES string of the molecule is CC(=O)NC(CC(=O)N(C)Cc1ccccc1C)c1ccccc1. The normalized spacial score (nSPS) is 11.6. The van der Waals surface area contributed by atoms with E-state index in [0.29, 0.717) is 6.54 Å². The number of hydrogen-bond donors (Lipinski definition) is 1. The topological polar surface area (TPSA) is 49.4 Å². The van der Waals surface area contributed by atoms with Crippen molar-refractivity contribution in [2.75, 3.05) is 7.05 Å². The van der Waals surface area contributed by atoms with Gasteiger partial charge in [-0.2, -0.15) is 0 Å². The minimum absolute atomic E-state index is 0.000793. The number of hydrogen-bond acceptors (Lipinski definition) is 2. The lowest BCUT2D eigenvalue weighted by Gasteiger charge is -2.23. The van der Waals surface area contributed by atoms with Crippen molar-refractivity contribution in [3.63, 3.8) is 0 Å². The van der Waals surface area contributed by atoms with Gasteiger partial charge in [-0.3, -0.25) is 9.59 Å². The van der Waals surface area contributed by atoms with Crippen LogP contribution in [0.4, 0.5) is 0 Å². The molecular formula is C20H24N2O2. The van der Waals surface area contributed by atoms with Crippen LogP contribution in [0.3, 0.4) is 0 Å². The fourth-order valence-corrected chi connectivity index (χ4v) is 2.64. The smallest absolute Gasteiger partial charge is 0.225 e. The van der Waals surface area contributed by atoms with Crippen LogP contribution in [-0.2, 0) is 16.1 Å². The maximum atomic E-state index is 12.6. The summed E-state index contributed by atoms with van der Waals surface area (Å²) in [5, 5.41) is 2.87. The Kier molecular flexibility index (Phi) is 6.13. The van der Waals surface area contributed by atoms with E-state index >= 15 is 0 Å². The van der Waals surface area contributed by atoms with Crippen LogP contribution >= 0.6 is 0 Å². The van der Waals surface area contributed by atoms with Crippen molar-refractivity contribution < 1.29 is 9.59 Å². The van der Waals surface area contributed by atoms with E-state index in [-0.39, 0.29) is 24.3 Å². The molecule has 2 amide bonds. The van der Waals surface area contributed by atoms with Gasteiger partial charge in [-0.1, -0.05) is 54.6 Å². The molecule has 4 nitrogen and oxygen atoms in total. The molecule has 1 N–H and O–H groups in total. The Labute approximate surface area is 143 Å². The molecule has 0 aliphatic heterocycles. The molecule has 0 aromatic heterocycles. The molecule has 0 fully saturated rings. The van der Waals surface area contributed by atoms with Crippen molar-refractivity contribution in [3.8, 4) is 0 Å². The first kappa shape index (κ1) is 17.7. The van der Waals surface area contributed by atoms with E-state index in [1.165, 1.54) is 12.5 Å². The Bertz CT molecular complexity index is 698. The summed E-state index contributed by atoms with van der Waals surface area (Å²) in [6.07, 6.45) is 0.242. The van der Waals surface area contributed by atoms with Gasteiger partial charge in [-0.25, -0.2) is 0 Å². The summed E-state index contributed by atoms with van der Waals surface area (Å²) >= 11 is 0. The summed E-state index contributed by atoms with van der Waals surface area (Å²) in [5.41, 5.74) is 3.23. The third-order valence-electron chi connectivity index (χ3n) is 4.05. The Morgan fingerprint density at radius 2 is 1.67 bits per heavy atom. The molecule has 2 aromatic rings. The van der Waals surface area contributed by atoms with E-state index in [4.69, 9.17) is 0 Å². The summed E-state index contributed by atoms with van der Waals surface area (Å²) in [6, 6.07) is 17.3. The quantitative estimate of drug-likeness (QED) is 0.887. The molecule has 0 saturated heterocycles. The second kappa shape index (κ2) is 8.29. The number of nitrogens with zero attached hydrogens (tertiary/aromatic N) is 1. The first-order chi connectivity index (χ1) is 11.5. The van der Waals surface area contributed by atoms with E-state index in [2.05, 4.69) is 5.32 Å². The minimum Gasteiger partial charge on any atom is -0.349 e. The zero-order valence-corrected chi connectivity index (χ0v) is 14.5. The number of rotatable bonds is 6. The van der Waals surface area contributed by atoms with E-state index in [1.807, 2.05) is 61.5 Å². The van der Waals surface area contributed by atoms with Crippen molar-refractivity contribution in [1.29, 1.82) is 0 Å². The van der Waals surface area contributed by atoms with Gasteiger partial charge >= 0.3 is 0 Å². The van der Waals surface area contributed by atoms with E-state index < -0.39 is 0 Å². The van der Waals surface area contributed by atoms with Gasteiger partial charge in [-0.05, 0) is 23.6 Å². The van der Waals surface area contributed by atoms with Crippen LogP contribution < -0.4 is 5.32 Å². The predicted octanol–water partition coefficient (Wildman–Crippen LogP) is 3.22. The number of benzene rings is 2. The first-order valence-corrected chi connectivity index (χ1v) is 8.08. The van der Waals surface area contributed by atoms with Gasteiger partial charge in [0.05, 0.1) is 12.5 Å². The Morgan fingerprint density at radius 1 is 1.04 bits per heavy atom. The second-order valence-electron chi connectivity index (χ2n) is 6.04. The molecule has 0 saturated carbocycles. The lowest BCUT2D eigenvalue weighted by molar-refractivity contribution is -0.131. The zero-order valence-electron chi connectivity index (χ0n) is 14.5. The van der Waals surface area contributed by atoms with E-state index in [1.54, 1.807) is 11.9 Å². The summed E-state index contributed by atoms with van der Waals surface area (Å²) in [5.74, 6) is -0.140. The van der Waals surface area contributed by atoms with Crippen molar-refractivity contribution >= 4 is 11.8 Å². The van der Waals surface area contributed by atoms with Gasteiger partial charge in [0.1, 0.15) is 0 Å². The maximum absolute atomic E-state index is 12.6. The molecular weight excluding hydrogens is 300 g/mol. The fourth-order valence-electron chi connectivity index (χ4n) is 2.64. The molecule has 126 valence electrons. The van der Waals surface area contributed by atoms with Crippen LogP contribution in [0.1, 0.15) is 36.1 Å². The Hall–Kier alpha value is -2.62. The highest BCUT2D eigenvalue weighted by Gasteiger charge is 2.19. The molecule has 1 unspecified atom stereocenters. The van der Waals surface area contributed by atoms with Crippen molar-refractivity contribution in [1.82, 2.24) is 10.2 Å². The molecule has 4 heteroatoms. The first-order valence-electron chi connectivity index (χ1n) is 8.08.